The maximum atomic E-state index is 5.28. The summed E-state index contributed by atoms with van der Waals surface area (Å²) in [6, 6.07) is 0. The summed E-state index contributed by atoms with van der Waals surface area (Å²) in [4.78, 5) is 0. The van der Waals surface area contributed by atoms with Gasteiger partial charge in [0.1, 0.15) is 5.76 Å². The fraction of sp³-hybridized carbons (Fsp3) is 0.714. The Morgan fingerprint density at radius 3 is 2.80 bits per heavy atom. The van der Waals surface area contributed by atoms with E-state index in [1.807, 2.05) is 0 Å². The van der Waals surface area contributed by atoms with Crippen molar-refractivity contribution < 1.29 is 9.31 Å². The summed E-state index contributed by atoms with van der Waals surface area (Å²) >= 11 is 0. The minimum atomic E-state index is 0.436. The SMILES string of the molecule is B1OC=C(C2CCCC2)O1. The van der Waals surface area contributed by atoms with E-state index in [-0.39, 0.29) is 0 Å². The molecule has 0 atom stereocenters. The Bertz CT molecular complexity index is 150. The fourth-order valence-corrected chi connectivity index (χ4v) is 1.68. The molecule has 1 heterocycles. The molecule has 1 saturated carbocycles. The van der Waals surface area contributed by atoms with Crippen molar-refractivity contribution in [3.8, 4) is 0 Å². The third-order valence-electron chi connectivity index (χ3n) is 2.25. The van der Waals surface area contributed by atoms with E-state index in [1.165, 1.54) is 25.7 Å². The second-order valence-electron chi connectivity index (χ2n) is 2.93. The molecule has 0 radical (unpaired) electrons. The third-order valence-corrected chi connectivity index (χ3v) is 2.25. The van der Waals surface area contributed by atoms with Crippen molar-refractivity contribution in [2.24, 2.45) is 5.92 Å². The molecule has 1 aliphatic carbocycles. The van der Waals surface area contributed by atoms with E-state index in [0.717, 1.165) is 5.76 Å². The molecule has 0 N–H and O–H groups in total. The van der Waals surface area contributed by atoms with Gasteiger partial charge in [0.15, 0.2) is 0 Å². The molecule has 0 aromatic carbocycles. The van der Waals surface area contributed by atoms with Crippen LogP contribution in [0.3, 0.4) is 0 Å². The summed E-state index contributed by atoms with van der Waals surface area (Å²) in [5, 5.41) is 0. The molecule has 0 unspecified atom stereocenters. The minimum Gasteiger partial charge on any atom is -0.532 e. The first kappa shape index (κ1) is 6.14. The highest BCUT2D eigenvalue weighted by atomic mass is 16.6. The number of allylic oxidation sites excluding steroid dienone is 1. The average Bonchev–Trinajstić information content (AvgIpc) is 2.59. The Morgan fingerprint density at radius 1 is 1.40 bits per heavy atom. The van der Waals surface area contributed by atoms with E-state index in [9.17, 15) is 0 Å². The summed E-state index contributed by atoms with van der Waals surface area (Å²) in [5.41, 5.74) is 0. The summed E-state index contributed by atoms with van der Waals surface area (Å²) in [5.74, 6) is 1.75. The van der Waals surface area contributed by atoms with E-state index in [1.54, 1.807) is 6.26 Å². The Balaban J connectivity index is 1.97. The smallest absolute Gasteiger partial charge is 0.532 e. The zero-order valence-corrected chi connectivity index (χ0v) is 6.01. The Labute approximate surface area is 61.5 Å². The highest BCUT2D eigenvalue weighted by Crippen LogP contribution is 2.32. The van der Waals surface area contributed by atoms with Crippen molar-refractivity contribution in [1.82, 2.24) is 0 Å². The van der Waals surface area contributed by atoms with Gasteiger partial charge in [-0.3, -0.25) is 0 Å². The summed E-state index contributed by atoms with van der Waals surface area (Å²) in [7, 11) is 0.436. The number of hydrogen-bond donors (Lipinski definition) is 0. The van der Waals surface area contributed by atoms with Gasteiger partial charge in [-0.15, -0.1) is 0 Å². The predicted molar refractivity (Wildman–Crippen MR) is 39.4 cm³/mol. The normalized spacial score (nSPS) is 25.0. The van der Waals surface area contributed by atoms with Crippen LogP contribution in [0.4, 0.5) is 0 Å². The lowest BCUT2D eigenvalue weighted by atomic mass is 10.1. The monoisotopic (exact) mass is 138 g/mol. The molecule has 1 aliphatic heterocycles. The van der Waals surface area contributed by atoms with Crippen molar-refractivity contribution in [1.29, 1.82) is 0 Å². The standard InChI is InChI=1S/C7H11BO2/c1-2-4-6(3-1)7-5-9-8-10-7/h5-6,8H,1-4H2. The predicted octanol–water partition coefficient (Wildman–Crippen LogP) is 1.33. The van der Waals surface area contributed by atoms with E-state index in [2.05, 4.69) is 0 Å². The lowest BCUT2D eigenvalue weighted by Gasteiger charge is -2.07. The zero-order chi connectivity index (χ0) is 6.81. The molecule has 0 aromatic heterocycles. The third kappa shape index (κ3) is 1.00. The molecule has 0 bridgehead atoms. The molecular formula is C7H11BO2. The van der Waals surface area contributed by atoms with Crippen molar-refractivity contribution in [3.63, 3.8) is 0 Å². The van der Waals surface area contributed by atoms with Crippen LogP contribution < -0.4 is 0 Å². The molecule has 2 nitrogen and oxygen atoms in total. The van der Waals surface area contributed by atoms with E-state index in [0.29, 0.717) is 13.6 Å². The minimum absolute atomic E-state index is 0.436. The van der Waals surface area contributed by atoms with E-state index >= 15 is 0 Å². The van der Waals surface area contributed by atoms with Gasteiger partial charge in [0.2, 0.25) is 0 Å². The lowest BCUT2D eigenvalue weighted by Crippen LogP contribution is -1.99. The first-order valence-corrected chi connectivity index (χ1v) is 3.91. The van der Waals surface area contributed by atoms with Crippen LogP contribution in [0.2, 0.25) is 0 Å². The van der Waals surface area contributed by atoms with Gasteiger partial charge >= 0.3 is 7.69 Å². The Morgan fingerprint density at radius 2 is 2.20 bits per heavy atom. The van der Waals surface area contributed by atoms with Gasteiger partial charge in [-0.05, 0) is 12.8 Å². The molecule has 2 rings (SSSR count). The maximum Gasteiger partial charge on any atom is 0.576 e. The number of rotatable bonds is 1. The van der Waals surface area contributed by atoms with Gasteiger partial charge in [0, 0.05) is 5.92 Å². The maximum absolute atomic E-state index is 5.28. The van der Waals surface area contributed by atoms with Crippen LogP contribution in [0.5, 0.6) is 0 Å². The topological polar surface area (TPSA) is 18.5 Å². The fourth-order valence-electron chi connectivity index (χ4n) is 1.68. The molecule has 1 fully saturated rings. The van der Waals surface area contributed by atoms with Gasteiger partial charge in [0.05, 0.1) is 6.26 Å². The first-order valence-electron chi connectivity index (χ1n) is 3.91. The molecule has 0 aromatic rings. The van der Waals surface area contributed by atoms with Gasteiger partial charge in [0.25, 0.3) is 0 Å². The zero-order valence-electron chi connectivity index (χ0n) is 6.01. The molecule has 0 saturated heterocycles. The van der Waals surface area contributed by atoms with E-state index < -0.39 is 0 Å². The average molecular weight is 138 g/mol. The molecule has 0 spiro atoms. The Kier molecular flexibility index (Phi) is 1.57. The summed E-state index contributed by atoms with van der Waals surface area (Å²) < 4.78 is 10.3. The highest BCUT2D eigenvalue weighted by molar-refractivity contribution is 6.19. The Hall–Kier alpha value is -0.595. The van der Waals surface area contributed by atoms with Crippen LogP contribution in [0.15, 0.2) is 12.0 Å². The van der Waals surface area contributed by atoms with Crippen molar-refractivity contribution in [2.45, 2.75) is 25.7 Å². The van der Waals surface area contributed by atoms with Gasteiger partial charge in [-0.25, -0.2) is 0 Å². The van der Waals surface area contributed by atoms with Crippen LogP contribution in [0, 0.1) is 5.92 Å². The molecule has 3 heteroatoms. The molecular weight excluding hydrogens is 127 g/mol. The molecule has 0 amide bonds. The highest BCUT2D eigenvalue weighted by Gasteiger charge is 2.23. The second-order valence-corrected chi connectivity index (χ2v) is 2.93. The largest absolute Gasteiger partial charge is 0.576 e. The quantitative estimate of drug-likeness (QED) is 0.509. The van der Waals surface area contributed by atoms with Gasteiger partial charge < -0.3 is 9.31 Å². The van der Waals surface area contributed by atoms with Crippen molar-refractivity contribution >= 4 is 7.69 Å². The van der Waals surface area contributed by atoms with Gasteiger partial charge in [-0.1, -0.05) is 12.8 Å². The summed E-state index contributed by atoms with van der Waals surface area (Å²) in [6.07, 6.45) is 7.05. The first-order chi connectivity index (χ1) is 4.97. The van der Waals surface area contributed by atoms with Crippen LogP contribution in [-0.4, -0.2) is 7.69 Å². The lowest BCUT2D eigenvalue weighted by molar-refractivity contribution is 0.364. The van der Waals surface area contributed by atoms with Crippen LogP contribution in [0.1, 0.15) is 25.7 Å². The van der Waals surface area contributed by atoms with Crippen LogP contribution >= 0.6 is 0 Å². The summed E-state index contributed by atoms with van der Waals surface area (Å²) in [6.45, 7) is 0. The van der Waals surface area contributed by atoms with Crippen molar-refractivity contribution in [3.05, 3.63) is 12.0 Å². The number of hydrogen-bond acceptors (Lipinski definition) is 2. The molecule has 2 aliphatic rings. The molecule has 10 heavy (non-hydrogen) atoms. The van der Waals surface area contributed by atoms with Crippen molar-refractivity contribution in [2.75, 3.05) is 0 Å². The molecule has 54 valence electrons. The van der Waals surface area contributed by atoms with Crippen LogP contribution in [0.25, 0.3) is 0 Å². The second kappa shape index (κ2) is 2.56. The van der Waals surface area contributed by atoms with E-state index in [4.69, 9.17) is 9.31 Å². The van der Waals surface area contributed by atoms with Gasteiger partial charge in [-0.2, -0.15) is 0 Å². The van der Waals surface area contributed by atoms with Crippen LogP contribution in [-0.2, 0) is 9.31 Å².